The number of nitrogens with two attached hydrogens (primary N) is 1. The van der Waals surface area contributed by atoms with Gasteiger partial charge in [-0.2, -0.15) is 0 Å². The molecule has 840 valence electrons. The van der Waals surface area contributed by atoms with E-state index in [1.54, 1.807) is 0 Å². The van der Waals surface area contributed by atoms with E-state index in [9.17, 15) is 212 Å². The number of amides is 3. The smallest absolute Gasteiger partial charge is 0.472 e. The summed E-state index contributed by atoms with van der Waals surface area (Å²) in [4.78, 5) is 89.5. The lowest BCUT2D eigenvalue weighted by molar-refractivity contribution is -0.419. The minimum absolute atomic E-state index is 0.583. The number of hydrogen-bond acceptors (Lipinski definition) is 60. The van der Waals surface area contributed by atoms with Gasteiger partial charge in [-0.1, -0.05) is 0 Å². The molecule has 10 aliphatic heterocycles. The maximum Gasteiger partial charge on any atom is 0.472 e. The zero-order valence-corrected chi connectivity index (χ0v) is 77.5. The summed E-state index contributed by atoms with van der Waals surface area (Å²) in [7, 11) is -5.85. The molecule has 145 heavy (non-hydrogen) atoms. The molecule has 0 aromatic carbocycles. The highest BCUT2D eigenvalue weighted by molar-refractivity contribution is 7.47. The van der Waals surface area contributed by atoms with Crippen molar-refractivity contribution in [3.05, 3.63) is 0 Å². The molecule has 54 atom stereocenters. The van der Waals surface area contributed by atoms with Crippen LogP contribution in [-0.4, -0.2) is 617 Å². The summed E-state index contributed by atoms with van der Waals surface area (Å²) in [5.74, 6) is -20.8. The van der Waals surface area contributed by atoms with Gasteiger partial charge in [-0.05, 0) is 0 Å². The number of carboxylic acids is 3. The van der Waals surface area contributed by atoms with Crippen LogP contribution in [0.3, 0.4) is 0 Å². The Bertz CT molecular complexity index is 4180. The topological polar surface area (TPSA) is 1080 Å². The van der Waals surface area contributed by atoms with Crippen molar-refractivity contribution in [3.63, 3.8) is 0 Å². The number of carbonyl (C=O) groups excluding carboxylic acids is 3. The number of rotatable bonds is 45. The number of carbonyl (C=O) groups is 6. The van der Waals surface area contributed by atoms with E-state index in [0.717, 1.165) is 20.8 Å². The molecule has 10 fully saturated rings. The summed E-state index contributed by atoms with van der Waals surface area (Å²) in [6.07, 6.45) is -123. The second-order valence-corrected chi connectivity index (χ2v) is 37.1. The van der Waals surface area contributed by atoms with Gasteiger partial charge in [0.25, 0.3) is 17.4 Å². The minimum atomic E-state index is -5.85. The van der Waals surface area contributed by atoms with Crippen LogP contribution in [-0.2, 0) is 132 Å². The van der Waals surface area contributed by atoms with Gasteiger partial charge < -0.3 is 290 Å². The van der Waals surface area contributed by atoms with E-state index in [1.165, 1.54) is 0 Å². The lowest BCUT2D eigenvalue weighted by atomic mass is 9.88. The molecule has 1 unspecified atom stereocenters. The molecular formula is C77H129N4O63P. The lowest BCUT2D eigenvalue weighted by Gasteiger charge is -2.53. The first-order valence-electron chi connectivity index (χ1n) is 45.0. The van der Waals surface area contributed by atoms with Gasteiger partial charge in [-0.15, -0.1) is 0 Å². The predicted molar refractivity (Wildman–Crippen MR) is 440 cm³/mol. The van der Waals surface area contributed by atoms with Crippen molar-refractivity contribution in [2.45, 2.75) is 364 Å². The third-order valence-corrected chi connectivity index (χ3v) is 26.5. The van der Waals surface area contributed by atoms with Crippen LogP contribution in [0.2, 0.25) is 0 Å². The van der Waals surface area contributed by atoms with Crippen LogP contribution in [0.5, 0.6) is 0 Å². The molecule has 0 aliphatic carbocycles. The average Bonchev–Trinajstić information content (AvgIpc) is 0.757. The maximum atomic E-state index is 14.1. The summed E-state index contributed by atoms with van der Waals surface area (Å²) in [6.45, 7) is -12.9. The molecule has 0 bridgehead atoms. The van der Waals surface area contributed by atoms with E-state index >= 15 is 0 Å². The zero-order chi connectivity index (χ0) is 108. The predicted octanol–water partition coefficient (Wildman–Crippen LogP) is -24.7. The number of ether oxygens (including phenoxy) is 19. The molecule has 0 saturated carbocycles. The van der Waals surface area contributed by atoms with Crippen molar-refractivity contribution < 1.29 is 311 Å². The summed E-state index contributed by atoms with van der Waals surface area (Å²) in [5.41, 5.74) is 5.55. The fourth-order valence-corrected chi connectivity index (χ4v) is 19.1. The lowest BCUT2D eigenvalue weighted by Crippen LogP contribution is -2.72. The van der Waals surface area contributed by atoms with E-state index in [2.05, 4.69) is 16.0 Å². The van der Waals surface area contributed by atoms with Crippen molar-refractivity contribution in [1.29, 1.82) is 0 Å². The van der Waals surface area contributed by atoms with Crippen molar-refractivity contribution in [2.24, 2.45) is 5.73 Å². The average molecular weight is 2150 g/mol. The Kier molecular flexibility index (Phi) is 43.4. The number of phosphoric acid groups is 1. The fourth-order valence-electron chi connectivity index (χ4n) is 18.2. The quantitative estimate of drug-likeness (QED) is 0.0252. The number of hydrogen-bond donors (Lipinski definition) is 39. The zero-order valence-electron chi connectivity index (χ0n) is 76.6. The minimum Gasteiger partial charge on any atom is -0.477 e. The molecule has 67 nitrogen and oxygen atoms in total. The Morgan fingerprint density at radius 2 is 0.759 bits per heavy atom. The molecule has 68 heteroatoms. The Labute approximate surface area is 816 Å². The summed E-state index contributed by atoms with van der Waals surface area (Å²) < 4.78 is 137. The molecule has 0 aromatic heterocycles. The Morgan fingerprint density at radius 3 is 1.28 bits per heavy atom. The van der Waals surface area contributed by atoms with Gasteiger partial charge in [-0.3, -0.25) is 23.4 Å². The Morgan fingerprint density at radius 1 is 0.359 bits per heavy atom. The number of aliphatic hydroxyl groups excluding tert-OH is 30. The van der Waals surface area contributed by atoms with Gasteiger partial charge >= 0.3 is 25.7 Å². The molecule has 40 N–H and O–H groups in total. The highest BCUT2D eigenvalue weighted by atomic mass is 31.2. The van der Waals surface area contributed by atoms with Crippen LogP contribution in [0.4, 0.5) is 0 Å². The standard InChI is InChI=1S/C77H129N4O63P/c1-19(92)79-35-22(95)6-77(74(119)120,142-58(35)39(103)24(97)9-82)143-60-42(106)32(16-89)127-69(49(60)113)132-55-33(17-90)128-66(37(44(55)108)81-21(3)94)135-59-41(105)31(15-88)126-68(48(59)112)133-56-34(18-91)129-67(46(110)45(56)109)137-63-53(27(100)12-85)131-70(134-57-29(8-75(121,72(115)116)140-54(57)28(101)13-86)139-76(73(117)118)7-23(96)38(102)52(141-76)26(99)11-84)50(114)61(63)136-71-64(138-65-36(80-20(2)93)43(107)40(104)30(14-87)125-65)62(144-145(122,123)124-5-4-78)47(111)51(130-71)25(98)10-83/h22-71,82-91,95-114,121H,4-18,78H2,1-3H3,(H,79,92)(H,80,93)(H,81,94)(H,115,116)(H,117,118)(H,119,120)(H,122,123)/t22-,23+,24+,25-,26+,27-,28+,29+,30+,31+,32+,33+,34+,35+,36+,37+,38+,39+,40+,41-,42-,43+,44+,45+,46+,47+,48+,49+,50-,51+,52+,53+,54+,55+,56+,57+,58+,59-,60-,61+,62-,63+,64-,65+,66-,67-,68-,69-,70+,71+,75+,76+,77-/m0/s1. The van der Waals surface area contributed by atoms with Crippen molar-refractivity contribution in [2.75, 3.05) is 79.2 Å². The van der Waals surface area contributed by atoms with Gasteiger partial charge in [-0.25, -0.2) is 18.9 Å². The van der Waals surface area contributed by atoms with Crippen LogP contribution >= 0.6 is 7.82 Å². The van der Waals surface area contributed by atoms with Crippen LogP contribution in [0, 0.1) is 0 Å². The molecule has 10 saturated heterocycles. The van der Waals surface area contributed by atoms with Crippen molar-refractivity contribution in [3.8, 4) is 0 Å². The van der Waals surface area contributed by atoms with Gasteiger partial charge in [0.1, 0.15) is 238 Å². The number of phosphoric ester groups is 1. The Hall–Kier alpha value is -5.11. The maximum absolute atomic E-state index is 14.1. The molecule has 0 spiro atoms. The van der Waals surface area contributed by atoms with Gasteiger partial charge in [0.2, 0.25) is 17.7 Å². The summed E-state index contributed by atoms with van der Waals surface area (Å²) >= 11 is 0. The molecule has 10 rings (SSSR count). The summed E-state index contributed by atoms with van der Waals surface area (Å²) in [5, 5.41) is 390. The molecule has 0 aromatic rings. The molecule has 10 aliphatic rings. The third-order valence-electron chi connectivity index (χ3n) is 25.5. The summed E-state index contributed by atoms with van der Waals surface area (Å²) in [6, 6.07) is -6.05. The van der Waals surface area contributed by atoms with E-state index in [-0.39, 0.29) is 0 Å². The fraction of sp³-hybridized carbons (Fsp3) is 0.922. The molecule has 10 heterocycles. The first kappa shape index (κ1) is 122. The van der Waals surface area contributed by atoms with Crippen molar-refractivity contribution in [1.82, 2.24) is 16.0 Å². The normalized spacial score (nSPS) is 45.5. The van der Waals surface area contributed by atoms with Gasteiger partial charge in [0, 0.05) is 46.6 Å². The van der Waals surface area contributed by atoms with E-state index in [1.807, 2.05) is 0 Å². The highest BCUT2D eigenvalue weighted by Crippen LogP contribution is 2.51. The molecule has 0 radical (unpaired) electrons. The van der Waals surface area contributed by atoms with E-state index in [4.69, 9.17) is 105 Å². The van der Waals surface area contributed by atoms with Crippen LogP contribution in [0.1, 0.15) is 40.0 Å². The second kappa shape index (κ2) is 51.8. The van der Waals surface area contributed by atoms with Crippen LogP contribution in [0.25, 0.3) is 0 Å². The molecule has 3 amide bonds. The SMILES string of the molecule is CC(=O)N[C@H]1[C@H](O[C@H]2[C@@H](O)[C@@H](CO)O[C@@H](O[C@H]3[C@H](O)[C@@H](O)[C@H](O[C@H]4[C@H](O[C@H]5O[C@H]([C@@H](O)CO)[C@@H](O)[C@H](OP(=O)(O)OCCN)[C@@H]5O[C@H]5O[C@H](CO)[C@@H](O)[C@H](O)[C@H]5NC(C)=O)[C@H](O)[C@@H](O[C@H]5[C@@H]([C@H](O)CO)O[C@@](O)(C(=O)O)C[C@H]5O[C@]5(C(=O)O)C[C@@H](O)[C@@H](O)[C@@H]([C@H](O)CO)O5)O[C@@H]4[C@@H](O)CO)O[C@@H]3CO)[C@@H]2O)O[C@H](CO)[C@@H](O[C@@H]2O[C@H](CO)[C@H](O)[C@H](O[C@]3(C(=O)O)C[C@H](O)[C@@H](NC(C)=O)[C@H]([C@H](O)[C@H](O)CO)O3)[C@H]2O)[C@@H]1O. The van der Waals surface area contributed by atoms with Gasteiger partial charge in [0.05, 0.1) is 97.0 Å². The van der Waals surface area contributed by atoms with Crippen molar-refractivity contribution >= 4 is 43.5 Å². The Balaban J connectivity index is 1.01. The number of nitrogens with one attached hydrogen (secondary N) is 3. The van der Waals surface area contributed by atoms with Crippen LogP contribution < -0.4 is 21.7 Å². The van der Waals surface area contributed by atoms with E-state index < -0.39 is 466 Å². The largest absolute Gasteiger partial charge is 0.477 e. The van der Waals surface area contributed by atoms with Gasteiger partial charge in [0.15, 0.2) is 44.0 Å². The highest BCUT2D eigenvalue weighted by Gasteiger charge is 2.68. The first-order valence-corrected chi connectivity index (χ1v) is 46.5. The number of carboxylic acid groups (broad SMARTS) is 3. The number of aliphatic carboxylic acids is 3. The number of aliphatic hydroxyl groups is 31. The first-order chi connectivity index (χ1) is 68.1. The molecular weight excluding hydrogens is 2020 g/mol. The van der Waals surface area contributed by atoms with E-state index in [0.29, 0.717) is 0 Å². The third kappa shape index (κ3) is 26.9. The monoisotopic (exact) mass is 2150 g/mol. The second-order valence-electron chi connectivity index (χ2n) is 35.7. The van der Waals surface area contributed by atoms with Crippen LogP contribution in [0.15, 0.2) is 0 Å².